The molecule has 0 spiro atoms. The van der Waals surface area contributed by atoms with Crippen molar-refractivity contribution in [2.24, 2.45) is 0 Å². The van der Waals surface area contributed by atoms with Crippen molar-refractivity contribution < 1.29 is 19.4 Å². The van der Waals surface area contributed by atoms with Gasteiger partial charge in [0, 0.05) is 0 Å². The van der Waals surface area contributed by atoms with Gasteiger partial charge in [-0.15, -0.1) is 0 Å². The monoisotopic (exact) mass is 422 g/mol. The minimum atomic E-state index is -0.711. The van der Waals surface area contributed by atoms with Crippen LogP contribution in [0.25, 0.3) is 0 Å². The van der Waals surface area contributed by atoms with E-state index in [1.165, 1.54) is 0 Å². The molecule has 0 radical (unpaired) electrons. The number of benzene rings is 4. The summed E-state index contributed by atoms with van der Waals surface area (Å²) in [5.74, 6) is -2.74. The van der Waals surface area contributed by atoms with E-state index in [4.69, 9.17) is 9.78 Å². The fourth-order valence-electron chi connectivity index (χ4n) is 3.69. The lowest BCUT2D eigenvalue weighted by molar-refractivity contribution is -0.260. The van der Waals surface area contributed by atoms with Crippen LogP contribution in [0.4, 0.5) is 0 Å². The van der Waals surface area contributed by atoms with Crippen molar-refractivity contribution in [2.75, 3.05) is 0 Å². The summed E-state index contributed by atoms with van der Waals surface area (Å²) in [6.07, 6.45) is 0. The standard InChI is InChI=1S/C28H22O4/c29-27(25(21-13-5-1-6-14-21)22-15-7-2-8-16-22)31-32-28(30)26(23-17-9-3-10-18-23)24-19-11-4-12-20-24/h1-20,25-26H. The second-order valence-electron chi connectivity index (χ2n) is 7.31. The Morgan fingerprint density at radius 1 is 0.406 bits per heavy atom. The van der Waals surface area contributed by atoms with Crippen molar-refractivity contribution in [3.63, 3.8) is 0 Å². The van der Waals surface area contributed by atoms with Crippen LogP contribution in [-0.4, -0.2) is 11.9 Å². The molecule has 4 aromatic rings. The highest BCUT2D eigenvalue weighted by Crippen LogP contribution is 2.28. The molecule has 4 heteroatoms. The van der Waals surface area contributed by atoms with Crippen LogP contribution in [0.2, 0.25) is 0 Å². The summed E-state index contributed by atoms with van der Waals surface area (Å²) in [4.78, 5) is 36.3. The summed E-state index contributed by atoms with van der Waals surface area (Å²) in [6, 6.07) is 37.1. The molecule has 0 aliphatic carbocycles. The molecule has 158 valence electrons. The zero-order chi connectivity index (χ0) is 22.2. The molecule has 0 saturated heterocycles. The first-order valence-electron chi connectivity index (χ1n) is 10.4. The Morgan fingerprint density at radius 2 is 0.625 bits per heavy atom. The molecule has 4 rings (SSSR count). The maximum absolute atomic E-state index is 13.0. The summed E-state index contributed by atoms with van der Waals surface area (Å²) >= 11 is 0. The lowest BCUT2D eigenvalue weighted by Gasteiger charge is -2.18. The number of hydrogen-bond acceptors (Lipinski definition) is 4. The van der Waals surface area contributed by atoms with E-state index < -0.39 is 23.8 Å². The van der Waals surface area contributed by atoms with Gasteiger partial charge in [-0.3, -0.25) is 0 Å². The van der Waals surface area contributed by atoms with Crippen molar-refractivity contribution in [2.45, 2.75) is 11.8 Å². The van der Waals surface area contributed by atoms with Crippen molar-refractivity contribution in [3.8, 4) is 0 Å². The van der Waals surface area contributed by atoms with Crippen LogP contribution < -0.4 is 0 Å². The van der Waals surface area contributed by atoms with E-state index >= 15 is 0 Å². The topological polar surface area (TPSA) is 52.6 Å². The summed E-state index contributed by atoms with van der Waals surface area (Å²) in [5, 5.41) is 0. The van der Waals surface area contributed by atoms with E-state index in [2.05, 4.69) is 0 Å². The van der Waals surface area contributed by atoms with E-state index in [0.717, 1.165) is 22.3 Å². The minimum Gasteiger partial charge on any atom is -0.246 e. The maximum Gasteiger partial charge on any atom is 0.367 e. The first kappa shape index (κ1) is 21.1. The number of carbonyl (C=O) groups is 2. The maximum atomic E-state index is 13.0. The van der Waals surface area contributed by atoms with Crippen LogP contribution in [0.15, 0.2) is 121 Å². The molecule has 4 aromatic carbocycles. The molecule has 0 aliphatic rings. The zero-order valence-electron chi connectivity index (χ0n) is 17.3. The van der Waals surface area contributed by atoms with Crippen molar-refractivity contribution >= 4 is 11.9 Å². The molecule has 0 aliphatic heterocycles. The lowest BCUT2D eigenvalue weighted by Crippen LogP contribution is -2.23. The third-order valence-corrected chi connectivity index (χ3v) is 5.21. The lowest BCUT2D eigenvalue weighted by atomic mass is 9.91. The van der Waals surface area contributed by atoms with Gasteiger partial charge in [0.1, 0.15) is 11.8 Å². The zero-order valence-corrected chi connectivity index (χ0v) is 17.3. The smallest absolute Gasteiger partial charge is 0.246 e. The molecule has 0 heterocycles. The average Bonchev–Trinajstić information content (AvgIpc) is 2.86. The van der Waals surface area contributed by atoms with Gasteiger partial charge in [-0.25, -0.2) is 19.4 Å². The van der Waals surface area contributed by atoms with E-state index in [0.29, 0.717) is 0 Å². The Labute approximate surface area is 187 Å². The van der Waals surface area contributed by atoms with Crippen LogP contribution >= 0.6 is 0 Å². The molecule has 0 aromatic heterocycles. The van der Waals surface area contributed by atoms with Gasteiger partial charge in [-0.05, 0) is 22.3 Å². The fourth-order valence-corrected chi connectivity index (χ4v) is 3.69. The van der Waals surface area contributed by atoms with Crippen LogP contribution in [0, 0.1) is 0 Å². The largest absolute Gasteiger partial charge is 0.367 e. The molecule has 0 amide bonds. The van der Waals surface area contributed by atoms with Gasteiger partial charge in [0.2, 0.25) is 0 Å². The van der Waals surface area contributed by atoms with Crippen molar-refractivity contribution in [1.29, 1.82) is 0 Å². The van der Waals surface area contributed by atoms with Crippen LogP contribution in [0.5, 0.6) is 0 Å². The van der Waals surface area contributed by atoms with Gasteiger partial charge in [-0.2, -0.15) is 0 Å². The average molecular weight is 422 g/mol. The van der Waals surface area contributed by atoms with Gasteiger partial charge >= 0.3 is 11.9 Å². The van der Waals surface area contributed by atoms with Crippen LogP contribution in [-0.2, 0) is 19.4 Å². The van der Waals surface area contributed by atoms with Crippen molar-refractivity contribution in [3.05, 3.63) is 144 Å². The first-order chi connectivity index (χ1) is 15.7. The Bertz CT molecular complexity index is 969. The van der Waals surface area contributed by atoms with Crippen LogP contribution in [0.1, 0.15) is 34.1 Å². The minimum absolute atomic E-state index is 0.657. The summed E-state index contributed by atoms with van der Waals surface area (Å²) in [6.45, 7) is 0. The Balaban J connectivity index is 1.56. The molecule has 0 saturated carbocycles. The van der Waals surface area contributed by atoms with Gasteiger partial charge in [0.25, 0.3) is 0 Å². The highest BCUT2D eigenvalue weighted by molar-refractivity contribution is 5.85. The molecular weight excluding hydrogens is 400 g/mol. The Kier molecular flexibility index (Phi) is 6.73. The van der Waals surface area contributed by atoms with Gasteiger partial charge in [0.05, 0.1) is 0 Å². The third-order valence-electron chi connectivity index (χ3n) is 5.21. The van der Waals surface area contributed by atoms with Gasteiger partial charge in [0.15, 0.2) is 0 Å². The van der Waals surface area contributed by atoms with E-state index in [1.807, 2.05) is 121 Å². The van der Waals surface area contributed by atoms with Crippen molar-refractivity contribution in [1.82, 2.24) is 0 Å². The Morgan fingerprint density at radius 3 is 0.844 bits per heavy atom. The molecule has 32 heavy (non-hydrogen) atoms. The van der Waals surface area contributed by atoms with E-state index in [-0.39, 0.29) is 0 Å². The molecule has 0 atom stereocenters. The Hall–Kier alpha value is -4.18. The highest BCUT2D eigenvalue weighted by atomic mass is 17.2. The fraction of sp³-hybridized carbons (Fsp3) is 0.0714. The van der Waals surface area contributed by atoms with Gasteiger partial charge < -0.3 is 0 Å². The normalized spacial score (nSPS) is 10.7. The summed E-state index contributed by atoms with van der Waals surface area (Å²) in [7, 11) is 0. The third kappa shape index (κ3) is 4.93. The highest BCUT2D eigenvalue weighted by Gasteiger charge is 2.30. The molecular formula is C28H22O4. The quantitative estimate of drug-likeness (QED) is 0.298. The molecule has 0 fully saturated rings. The second-order valence-corrected chi connectivity index (χ2v) is 7.31. The molecule has 0 bridgehead atoms. The molecule has 0 unspecified atom stereocenters. The number of carbonyl (C=O) groups excluding carboxylic acids is 2. The van der Waals surface area contributed by atoms with Gasteiger partial charge in [-0.1, -0.05) is 121 Å². The number of hydrogen-bond donors (Lipinski definition) is 0. The van der Waals surface area contributed by atoms with Crippen LogP contribution in [0.3, 0.4) is 0 Å². The van der Waals surface area contributed by atoms with E-state index in [9.17, 15) is 9.59 Å². The predicted molar refractivity (Wildman–Crippen MR) is 122 cm³/mol. The SMILES string of the molecule is O=C(OOC(=O)C(c1ccccc1)c1ccccc1)C(c1ccccc1)c1ccccc1. The second kappa shape index (κ2) is 10.2. The summed E-state index contributed by atoms with van der Waals surface area (Å²) < 4.78 is 0. The van der Waals surface area contributed by atoms with E-state index in [1.54, 1.807) is 0 Å². The number of rotatable bonds is 6. The first-order valence-corrected chi connectivity index (χ1v) is 10.4. The predicted octanol–water partition coefficient (Wildman–Crippen LogP) is 5.65. The molecule has 4 nitrogen and oxygen atoms in total. The molecule has 0 N–H and O–H groups in total. The summed E-state index contributed by atoms with van der Waals surface area (Å²) in [5.41, 5.74) is 3.01.